The van der Waals surface area contributed by atoms with Gasteiger partial charge in [-0.15, -0.1) is 0 Å². The van der Waals surface area contributed by atoms with Gasteiger partial charge in [0.1, 0.15) is 0 Å². The molecule has 0 aliphatic carbocycles. The Morgan fingerprint density at radius 1 is 1.46 bits per heavy atom. The van der Waals surface area contributed by atoms with Crippen molar-refractivity contribution in [3.8, 4) is 0 Å². The van der Waals surface area contributed by atoms with E-state index in [1.807, 2.05) is 19.9 Å². The number of rotatable bonds is 5. The summed E-state index contributed by atoms with van der Waals surface area (Å²) in [5.74, 6) is 0.560. The van der Waals surface area contributed by atoms with Crippen LogP contribution in [-0.4, -0.2) is 12.5 Å². The Kier molecular flexibility index (Phi) is 6.24. The minimum absolute atomic E-state index is 0.0394. The van der Waals surface area contributed by atoms with E-state index in [1.54, 1.807) is 0 Å². The molecular formula is C10H20N2O. The molecule has 76 valence electrons. The van der Waals surface area contributed by atoms with Crippen molar-refractivity contribution in [2.45, 2.75) is 34.1 Å². The van der Waals surface area contributed by atoms with Crippen LogP contribution in [0.1, 0.15) is 34.1 Å². The zero-order valence-electron chi connectivity index (χ0n) is 8.98. The monoisotopic (exact) mass is 184 g/mol. The van der Waals surface area contributed by atoms with Crippen LogP contribution in [0, 0.1) is 5.92 Å². The van der Waals surface area contributed by atoms with E-state index in [9.17, 15) is 4.79 Å². The summed E-state index contributed by atoms with van der Waals surface area (Å²) in [7, 11) is 0. The van der Waals surface area contributed by atoms with Crippen LogP contribution in [0.4, 0.5) is 0 Å². The third-order valence-electron chi connectivity index (χ3n) is 1.63. The summed E-state index contributed by atoms with van der Waals surface area (Å²) in [5, 5.41) is 0. The van der Waals surface area contributed by atoms with Gasteiger partial charge in [-0.3, -0.25) is 10.2 Å². The summed E-state index contributed by atoms with van der Waals surface area (Å²) in [5.41, 5.74) is 6.15. The molecular weight excluding hydrogens is 164 g/mol. The van der Waals surface area contributed by atoms with Crippen molar-refractivity contribution in [3.05, 3.63) is 11.6 Å². The number of hydrogen-bond acceptors (Lipinski definition) is 2. The number of carbonyl (C=O) groups excluding carboxylic acids is 1. The number of nitrogens with one attached hydrogen (secondary N) is 2. The van der Waals surface area contributed by atoms with Crippen LogP contribution in [-0.2, 0) is 4.79 Å². The van der Waals surface area contributed by atoms with Crippen LogP contribution >= 0.6 is 0 Å². The zero-order valence-corrected chi connectivity index (χ0v) is 8.98. The number of carbonyl (C=O) groups is 1. The maximum Gasteiger partial charge on any atom is 0.260 e. The lowest BCUT2D eigenvalue weighted by Crippen LogP contribution is -2.37. The van der Waals surface area contributed by atoms with Gasteiger partial charge in [-0.1, -0.05) is 26.8 Å². The highest BCUT2D eigenvalue weighted by molar-refractivity contribution is 5.92. The largest absolute Gasteiger partial charge is 0.288 e. The second kappa shape index (κ2) is 6.66. The number of hydrazine groups is 1. The van der Waals surface area contributed by atoms with Gasteiger partial charge in [-0.2, -0.15) is 0 Å². The highest BCUT2D eigenvalue weighted by atomic mass is 16.2. The van der Waals surface area contributed by atoms with Gasteiger partial charge in [0.05, 0.1) is 0 Å². The van der Waals surface area contributed by atoms with Crippen LogP contribution in [0.25, 0.3) is 0 Å². The summed E-state index contributed by atoms with van der Waals surface area (Å²) < 4.78 is 0. The summed E-state index contributed by atoms with van der Waals surface area (Å²) in [6, 6.07) is 0. The van der Waals surface area contributed by atoms with E-state index in [4.69, 9.17) is 0 Å². The first kappa shape index (κ1) is 12.2. The van der Waals surface area contributed by atoms with E-state index in [0.29, 0.717) is 5.92 Å². The van der Waals surface area contributed by atoms with Crippen molar-refractivity contribution >= 4 is 5.91 Å². The molecule has 0 aromatic heterocycles. The fourth-order valence-corrected chi connectivity index (χ4v) is 0.772. The second-order valence-corrected chi connectivity index (χ2v) is 3.50. The first-order valence-electron chi connectivity index (χ1n) is 4.77. The molecule has 0 aromatic carbocycles. The van der Waals surface area contributed by atoms with Gasteiger partial charge >= 0.3 is 0 Å². The molecule has 2 N–H and O–H groups in total. The SMILES string of the molecule is CCNNC(=O)C(C)=CCC(C)C. The molecule has 0 rings (SSSR count). The minimum atomic E-state index is -0.0394. The molecule has 0 bridgehead atoms. The van der Waals surface area contributed by atoms with Gasteiger partial charge in [0.2, 0.25) is 0 Å². The molecule has 0 unspecified atom stereocenters. The number of hydrogen-bond donors (Lipinski definition) is 2. The molecule has 0 spiro atoms. The van der Waals surface area contributed by atoms with Crippen molar-refractivity contribution in [1.82, 2.24) is 10.9 Å². The molecule has 0 aromatic rings. The first-order valence-corrected chi connectivity index (χ1v) is 4.77. The zero-order chi connectivity index (χ0) is 10.3. The summed E-state index contributed by atoms with van der Waals surface area (Å²) in [6.07, 6.45) is 2.92. The van der Waals surface area contributed by atoms with E-state index < -0.39 is 0 Å². The predicted molar refractivity (Wildman–Crippen MR) is 55.0 cm³/mol. The van der Waals surface area contributed by atoms with Gasteiger partial charge in [0.15, 0.2) is 0 Å². The lowest BCUT2D eigenvalue weighted by Gasteiger charge is -2.05. The van der Waals surface area contributed by atoms with Crippen molar-refractivity contribution < 1.29 is 4.79 Å². The van der Waals surface area contributed by atoms with Gasteiger partial charge in [-0.05, 0) is 19.3 Å². The Labute approximate surface area is 80.6 Å². The molecule has 0 heterocycles. The smallest absolute Gasteiger partial charge is 0.260 e. The average Bonchev–Trinajstić information content (AvgIpc) is 2.10. The maximum atomic E-state index is 11.3. The molecule has 0 atom stereocenters. The summed E-state index contributed by atoms with van der Waals surface area (Å²) in [6.45, 7) is 8.77. The fraction of sp³-hybridized carbons (Fsp3) is 0.700. The van der Waals surface area contributed by atoms with Gasteiger partial charge < -0.3 is 0 Å². The highest BCUT2D eigenvalue weighted by Crippen LogP contribution is 2.03. The molecule has 0 aliphatic rings. The first-order chi connectivity index (χ1) is 6.07. The van der Waals surface area contributed by atoms with E-state index in [0.717, 1.165) is 18.5 Å². The predicted octanol–water partition coefficient (Wildman–Crippen LogP) is 1.62. The van der Waals surface area contributed by atoms with Crippen molar-refractivity contribution in [2.75, 3.05) is 6.54 Å². The Balaban J connectivity index is 3.86. The Bertz CT molecular complexity index is 185. The Hall–Kier alpha value is -0.830. The second-order valence-electron chi connectivity index (χ2n) is 3.50. The highest BCUT2D eigenvalue weighted by Gasteiger charge is 2.01. The Morgan fingerprint density at radius 2 is 2.08 bits per heavy atom. The number of amides is 1. The van der Waals surface area contributed by atoms with Crippen molar-refractivity contribution in [2.24, 2.45) is 5.92 Å². The van der Waals surface area contributed by atoms with Crippen LogP contribution in [0.3, 0.4) is 0 Å². The minimum Gasteiger partial charge on any atom is -0.288 e. The Morgan fingerprint density at radius 3 is 2.54 bits per heavy atom. The van der Waals surface area contributed by atoms with Crippen LogP contribution < -0.4 is 10.9 Å². The summed E-state index contributed by atoms with van der Waals surface area (Å²) >= 11 is 0. The van der Waals surface area contributed by atoms with E-state index in [-0.39, 0.29) is 5.91 Å². The quantitative estimate of drug-likeness (QED) is 0.503. The van der Waals surface area contributed by atoms with E-state index in [1.165, 1.54) is 0 Å². The lowest BCUT2D eigenvalue weighted by molar-refractivity contribution is -0.118. The molecule has 0 radical (unpaired) electrons. The van der Waals surface area contributed by atoms with Crippen molar-refractivity contribution in [1.29, 1.82) is 0 Å². The maximum absolute atomic E-state index is 11.3. The van der Waals surface area contributed by atoms with Crippen LogP contribution in [0.2, 0.25) is 0 Å². The molecule has 3 heteroatoms. The molecule has 1 amide bonds. The molecule has 0 aliphatic heterocycles. The molecule has 3 nitrogen and oxygen atoms in total. The molecule has 13 heavy (non-hydrogen) atoms. The average molecular weight is 184 g/mol. The topological polar surface area (TPSA) is 41.1 Å². The number of allylic oxidation sites excluding steroid dienone is 1. The third-order valence-corrected chi connectivity index (χ3v) is 1.63. The van der Waals surface area contributed by atoms with E-state index in [2.05, 4.69) is 24.7 Å². The molecule has 0 saturated carbocycles. The molecule has 0 fully saturated rings. The molecule has 0 saturated heterocycles. The van der Waals surface area contributed by atoms with Crippen LogP contribution in [0.15, 0.2) is 11.6 Å². The fourth-order valence-electron chi connectivity index (χ4n) is 0.772. The van der Waals surface area contributed by atoms with Crippen LogP contribution in [0.5, 0.6) is 0 Å². The standard InChI is InChI=1S/C10H20N2O/c1-5-11-12-10(13)9(4)7-6-8(2)3/h7-8,11H,5-6H2,1-4H3,(H,12,13). The third kappa shape index (κ3) is 6.34. The van der Waals surface area contributed by atoms with Crippen molar-refractivity contribution in [3.63, 3.8) is 0 Å². The summed E-state index contributed by atoms with van der Waals surface area (Å²) in [4.78, 5) is 11.3. The van der Waals surface area contributed by atoms with Gasteiger partial charge in [0.25, 0.3) is 5.91 Å². The van der Waals surface area contributed by atoms with Gasteiger partial charge in [-0.25, -0.2) is 5.43 Å². The van der Waals surface area contributed by atoms with E-state index >= 15 is 0 Å². The normalized spacial score (nSPS) is 11.9. The van der Waals surface area contributed by atoms with Gasteiger partial charge in [0, 0.05) is 12.1 Å². The lowest BCUT2D eigenvalue weighted by atomic mass is 10.1.